The molecule has 0 rings (SSSR count). The van der Waals surface area contributed by atoms with Crippen LogP contribution in [0.4, 0.5) is 13.2 Å². The summed E-state index contributed by atoms with van der Waals surface area (Å²) in [6.07, 6.45) is -6.89. The molecular formula is C5H7F3O3. The molecule has 6 heteroatoms. The van der Waals surface area contributed by atoms with Crippen molar-refractivity contribution in [2.45, 2.75) is 25.8 Å². The Balaban J connectivity index is 3.99. The van der Waals surface area contributed by atoms with Crippen molar-refractivity contribution >= 4 is 5.97 Å². The van der Waals surface area contributed by atoms with Crippen LogP contribution in [-0.4, -0.2) is 23.5 Å². The van der Waals surface area contributed by atoms with Gasteiger partial charge in [-0.1, -0.05) is 6.92 Å². The van der Waals surface area contributed by atoms with Crippen LogP contribution in [0.15, 0.2) is 0 Å². The van der Waals surface area contributed by atoms with Crippen LogP contribution in [-0.2, 0) is 9.53 Å². The molecule has 1 atom stereocenters. The number of carbonyl (C=O) groups is 1. The molecule has 0 heterocycles. The minimum absolute atomic E-state index is 0.213. The number of alkyl halides is 3. The molecule has 0 radical (unpaired) electrons. The molecule has 0 saturated heterocycles. The van der Waals surface area contributed by atoms with Gasteiger partial charge in [0.1, 0.15) is 0 Å². The van der Waals surface area contributed by atoms with Crippen molar-refractivity contribution in [3.63, 3.8) is 0 Å². The van der Waals surface area contributed by atoms with Gasteiger partial charge in [-0.05, 0) is 6.42 Å². The molecule has 1 N–H and O–H groups in total. The van der Waals surface area contributed by atoms with E-state index in [0.29, 0.717) is 0 Å². The first-order chi connectivity index (χ1) is 4.87. The highest BCUT2D eigenvalue weighted by Crippen LogP contribution is 2.19. The second kappa shape index (κ2) is 3.56. The van der Waals surface area contributed by atoms with Crippen LogP contribution >= 0.6 is 0 Å². The van der Waals surface area contributed by atoms with E-state index in [9.17, 15) is 18.0 Å². The van der Waals surface area contributed by atoms with Crippen LogP contribution in [0.3, 0.4) is 0 Å². The highest BCUT2D eigenvalue weighted by atomic mass is 19.4. The molecule has 1 unspecified atom stereocenters. The van der Waals surface area contributed by atoms with Gasteiger partial charge in [0.15, 0.2) is 6.10 Å². The molecule has 0 amide bonds. The lowest BCUT2D eigenvalue weighted by atomic mass is 10.3. The molecule has 0 aromatic rings. The zero-order chi connectivity index (χ0) is 9.07. The third-order valence-corrected chi connectivity index (χ3v) is 0.922. The molecular weight excluding hydrogens is 165 g/mol. The van der Waals surface area contributed by atoms with E-state index < -0.39 is 18.4 Å². The van der Waals surface area contributed by atoms with E-state index in [1.165, 1.54) is 6.92 Å². The first-order valence-electron chi connectivity index (χ1n) is 2.84. The molecule has 0 fully saturated rings. The number of carboxylic acid groups (broad SMARTS) is 1. The third-order valence-electron chi connectivity index (χ3n) is 0.922. The van der Waals surface area contributed by atoms with E-state index in [4.69, 9.17) is 5.11 Å². The normalized spacial score (nSPS) is 14.5. The zero-order valence-electron chi connectivity index (χ0n) is 5.68. The quantitative estimate of drug-likeness (QED) is 0.699. The fourth-order valence-corrected chi connectivity index (χ4v) is 0.470. The number of ether oxygens (including phenoxy) is 1. The molecule has 0 spiro atoms. The van der Waals surface area contributed by atoms with Crippen molar-refractivity contribution in [3.05, 3.63) is 0 Å². The van der Waals surface area contributed by atoms with Crippen molar-refractivity contribution in [2.24, 2.45) is 0 Å². The molecule has 0 saturated carbocycles. The average Bonchev–Trinajstić information content (AvgIpc) is 1.80. The molecule has 66 valence electrons. The summed E-state index contributed by atoms with van der Waals surface area (Å²) >= 11 is 0. The highest BCUT2D eigenvalue weighted by molar-refractivity contribution is 5.72. The number of halogens is 3. The van der Waals surface area contributed by atoms with Crippen LogP contribution < -0.4 is 0 Å². The minimum atomic E-state index is -4.88. The van der Waals surface area contributed by atoms with Crippen molar-refractivity contribution in [1.29, 1.82) is 0 Å². The van der Waals surface area contributed by atoms with Crippen LogP contribution in [0.2, 0.25) is 0 Å². The van der Waals surface area contributed by atoms with Gasteiger partial charge in [0, 0.05) is 0 Å². The van der Waals surface area contributed by atoms with E-state index in [1.807, 2.05) is 0 Å². The lowest BCUT2D eigenvalue weighted by Crippen LogP contribution is -2.30. The number of rotatable bonds is 3. The first-order valence-corrected chi connectivity index (χ1v) is 2.84. The maximum Gasteiger partial charge on any atom is 0.523 e. The van der Waals surface area contributed by atoms with Gasteiger partial charge < -0.3 is 5.11 Å². The molecule has 0 bridgehead atoms. The number of hydrogen-bond acceptors (Lipinski definition) is 2. The Morgan fingerprint density at radius 1 is 1.64 bits per heavy atom. The van der Waals surface area contributed by atoms with Crippen molar-refractivity contribution in [2.75, 3.05) is 0 Å². The number of hydrogen-bond donors (Lipinski definition) is 1. The lowest BCUT2D eigenvalue weighted by Gasteiger charge is -2.12. The molecule has 0 aromatic carbocycles. The summed E-state index contributed by atoms with van der Waals surface area (Å²) < 4.78 is 37.4. The Bertz CT molecular complexity index is 142. The van der Waals surface area contributed by atoms with Gasteiger partial charge in [0.2, 0.25) is 0 Å². The van der Waals surface area contributed by atoms with Gasteiger partial charge in [-0.3, -0.25) is 4.74 Å². The third kappa shape index (κ3) is 4.60. The first kappa shape index (κ1) is 10.2. The zero-order valence-corrected chi connectivity index (χ0v) is 5.68. The maximum absolute atomic E-state index is 11.4. The SMILES string of the molecule is CCC(OC(F)(F)F)C(=O)O. The van der Waals surface area contributed by atoms with Gasteiger partial charge >= 0.3 is 12.3 Å². The largest absolute Gasteiger partial charge is 0.523 e. The fraction of sp³-hybridized carbons (Fsp3) is 0.800. The molecule has 0 aliphatic carbocycles. The summed E-state index contributed by atoms with van der Waals surface area (Å²) in [4.78, 5) is 9.98. The Hall–Kier alpha value is -0.780. The van der Waals surface area contributed by atoms with Gasteiger partial charge in [-0.25, -0.2) is 4.79 Å². The second-order valence-corrected chi connectivity index (χ2v) is 1.80. The van der Waals surface area contributed by atoms with E-state index >= 15 is 0 Å². The maximum atomic E-state index is 11.4. The smallest absolute Gasteiger partial charge is 0.479 e. The van der Waals surface area contributed by atoms with E-state index in [-0.39, 0.29) is 6.42 Å². The standard InChI is InChI=1S/C5H7F3O3/c1-2-3(4(9)10)11-5(6,7)8/h3H,2H2,1H3,(H,9,10). The predicted molar refractivity (Wildman–Crippen MR) is 28.9 cm³/mol. The summed E-state index contributed by atoms with van der Waals surface area (Å²) in [5, 5.41) is 8.11. The highest BCUT2D eigenvalue weighted by Gasteiger charge is 2.35. The van der Waals surface area contributed by atoms with Crippen molar-refractivity contribution < 1.29 is 27.8 Å². The summed E-state index contributed by atoms with van der Waals surface area (Å²) in [7, 11) is 0. The molecule has 3 nitrogen and oxygen atoms in total. The Morgan fingerprint density at radius 3 is 2.18 bits per heavy atom. The molecule has 0 aromatic heterocycles. The monoisotopic (exact) mass is 172 g/mol. The van der Waals surface area contributed by atoms with E-state index in [1.54, 1.807) is 0 Å². The summed E-state index contributed by atoms with van der Waals surface area (Å²) in [6.45, 7) is 1.30. The van der Waals surface area contributed by atoms with Gasteiger partial charge in [0.25, 0.3) is 0 Å². The van der Waals surface area contributed by atoms with E-state index in [2.05, 4.69) is 4.74 Å². The Labute approximate surface area is 60.8 Å². The van der Waals surface area contributed by atoms with Crippen LogP contribution in [0.5, 0.6) is 0 Å². The number of carboxylic acids is 1. The minimum Gasteiger partial charge on any atom is -0.479 e. The van der Waals surface area contributed by atoms with Gasteiger partial charge in [-0.2, -0.15) is 0 Å². The lowest BCUT2D eigenvalue weighted by molar-refractivity contribution is -0.339. The number of aliphatic carboxylic acids is 1. The van der Waals surface area contributed by atoms with Gasteiger partial charge in [-0.15, -0.1) is 13.2 Å². The van der Waals surface area contributed by atoms with Crippen LogP contribution in [0.1, 0.15) is 13.3 Å². The molecule has 11 heavy (non-hydrogen) atoms. The topological polar surface area (TPSA) is 46.5 Å². The summed E-state index contributed by atoms with van der Waals surface area (Å²) in [6, 6.07) is 0. The fourth-order valence-electron chi connectivity index (χ4n) is 0.470. The van der Waals surface area contributed by atoms with Crippen LogP contribution in [0.25, 0.3) is 0 Å². The molecule has 0 aliphatic heterocycles. The van der Waals surface area contributed by atoms with Gasteiger partial charge in [0.05, 0.1) is 0 Å². The molecule has 0 aliphatic rings. The summed E-state index contributed by atoms with van der Waals surface area (Å²) in [5.41, 5.74) is 0. The average molecular weight is 172 g/mol. The van der Waals surface area contributed by atoms with E-state index in [0.717, 1.165) is 0 Å². The predicted octanol–water partition coefficient (Wildman–Crippen LogP) is 1.39. The van der Waals surface area contributed by atoms with Crippen molar-refractivity contribution in [3.8, 4) is 0 Å². The Morgan fingerprint density at radius 2 is 2.09 bits per heavy atom. The van der Waals surface area contributed by atoms with Crippen molar-refractivity contribution in [1.82, 2.24) is 0 Å². The summed E-state index contributed by atoms with van der Waals surface area (Å²) in [5.74, 6) is -1.61. The van der Waals surface area contributed by atoms with Crippen LogP contribution in [0, 0.1) is 0 Å². The Kier molecular flexibility index (Phi) is 3.31. The second-order valence-electron chi connectivity index (χ2n) is 1.80.